The van der Waals surface area contributed by atoms with Gasteiger partial charge in [0.05, 0.1) is 11.6 Å². The van der Waals surface area contributed by atoms with Crippen LogP contribution in [-0.2, 0) is 6.42 Å². The summed E-state index contributed by atoms with van der Waals surface area (Å²) in [5.74, 6) is 0.923. The molecule has 5 heteroatoms. The minimum Gasteiger partial charge on any atom is -0.421 e. The highest BCUT2D eigenvalue weighted by atomic mass is 16.4. The summed E-state index contributed by atoms with van der Waals surface area (Å²) in [4.78, 5) is 3.95. The van der Waals surface area contributed by atoms with Crippen molar-refractivity contribution in [3.63, 3.8) is 0 Å². The van der Waals surface area contributed by atoms with E-state index in [-0.39, 0.29) is 0 Å². The third-order valence-electron chi connectivity index (χ3n) is 1.83. The van der Waals surface area contributed by atoms with E-state index in [0.717, 1.165) is 5.56 Å². The molecule has 2 aromatic rings. The molecule has 2 rings (SSSR count). The van der Waals surface area contributed by atoms with Gasteiger partial charge in [0.1, 0.15) is 0 Å². The molecule has 0 aliphatic rings. The van der Waals surface area contributed by atoms with Gasteiger partial charge in [-0.3, -0.25) is 4.98 Å². The molecular weight excluding hydrogens is 192 g/mol. The summed E-state index contributed by atoms with van der Waals surface area (Å²) in [6, 6.07) is 5.67. The summed E-state index contributed by atoms with van der Waals surface area (Å²) in [5.41, 5.74) is 0.785. The molecule has 74 valence electrons. The van der Waals surface area contributed by atoms with Crippen LogP contribution < -0.4 is 0 Å². The predicted octanol–water partition coefficient (Wildman–Crippen LogP) is 1.59. The first-order chi connectivity index (χ1) is 7.40. The average molecular weight is 200 g/mol. The van der Waals surface area contributed by atoms with Gasteiger partial charge in [0, 0.05) is 25.2 Å². The SMILES string of the molecule is N#CCCc1nnc(-c2cccnc2)o1. The summed E-state index contributed by atoms with van der Waals surface area (Å²) in [5, 5.41) is 16.1. The van der Waals surface area contributed by atoms with Crippen LogP contribution in [0.3, 0.4) is 0 Å². The number of pyridine rings is 1. The fraction of sp³-hybridized carbons (Fsp3) is 0.200. The summed E-state index contributed by atoms with van der Waals surface area (Å²) < 4.78 is 5.36. The van der Waals surface area contributed by atoms with E-state index in [0.29, 0.717) is 24.6 Å². The normalized spacial score (nSPS) is 9.80. The lowest BCUT2D eigenvalue weighted by Crippen LogP contribution is -1.82. The quantitative estimate of drug-likeness (QED) is 0.751. The van der Waals surface area contributed by atoms with E-state index in [1.165, 1.54) is 0 Å². The highest BCUT2D eigenvalue weighted by Crippen LogP contribution is 2.16. The molecule has 2 heterocycles. The van der Waals surface area contributed by atoms with Gasteiger partial charge in [-0.05, 0) is 12.1 Å². The molecule has 0 amide bonds. The van der Waals surface area contributed by atoms with Crippen LogP contribution in [0.5, 0.6) is 0 Å². The van der Waals surface area contributed by atoms with Crippen molar-refractivity contribution in [3.8, 4) is 17.5 Å². The average Bonchev–Trinajstić information content (AvgIpc) is 2.76. The molecule has 0 saturated heterocycles. The van der Waals surface area contributed by atoms with E-state index in [2.05, 4.69) is 15.2 Å². The van der Waals surface area contributed by atoms with E-state index < -0.39 is 0 Å². The van der Waals surface area contributed by atoms with Crippen molar-refractivity contribution < 1.29 is 4.42 Å². The Hall–Kier alpha value is -2.22. The van der Waals surface area contributed by atoms with Gasteiger partial charge in [0.2, 0.25) is 11.8 Å². The zero-order valence-corrected chi connectivity index (χ0v) is 7.92. The summed E-state index contributed by atoms with van der Waals surface area (Å²) in [7, 11) is 0. The second-order valence-corrected chi connectivity index (χ2v) is 2.90. The molecule has 0 radical (unpaired) electrons. The number of rotatable bonds is 3. The Kier molecular flexibility index (Phi) is 2.70. The summed E-state index contributed by atoms with van der Waals surface area (Å²) in [6.07, 6.45) is 4.20. The third kappa shape index (κ3) is 2.17. The Morgan fingerprint density at radius 3 is 3.07 bits per heavy atom. The van der Waals surface area contributed by atoms with Crippen molar-refractivity contribution in [2.24, 2.45) is 0 Å². The smallest absolute Gasteiger partial charge is 0.249 e. The Morgan fingerprint density at radius 2 is 2.33 bits per heavy atom. The summed E-state index contributed by atoms with van der Waals surface area (Å²) in [6.45, 7) is 0. The van der Waals surface area contributed by atoms with Crippen molar-refractivity contribution in [3.05, 3.63) is 30.4 Å². The molecule has 0 fully saturated rings. The highest BCUT2D eigenvalue weighted by Gasteiger charge is 2.07. The zero-order valence-electron chi connectivity index (χ0n) is 7.92. The van der Waals surface area contributed by atoms with Crippen LogP contribution in [0.15, 0.2) is 28.9 Å². The Morgan fingerprint density at radius 1 is 1.40 bits per heavy atom. The van der Waals surface area contributed by atoms with E-state index in [9.17, 15) is 0 Å². The van der Waals surface area contributed by atoms with Crippen LogP contribution in [0.4, 0.5) is 0 Å². The van der Waals surface area contributed by atoms with Crippen molar-refractivity contribution in [2.45, 2.75) is 12.8 Å². The number of nitriles is 1. The van der Waals surface area contributed by atoms with Gasteiger partial charge in [0.15, 0.2) is 0 Å². The largest absolute Gasteiger partial charge is 0.421 e. The van der Waals surface area contributed by atoms with Gasteiger partial charge < -0.3 is 4.42 Å². The molecule has 0 N–H and O–H groups in total. The van der Waals surface area contributed by atoms with Gasteiger partial charge in [-0.15, -0.1) is 10.2 Å². The molecule has 5 nitrogen and oxygen atoms in total. The van der Waals surface area contributed by atoms with Gasteiger partial charge in [0.25, 0.3) is 0 Å². The number of aromatic nitrogens is 3. The predicted molar refractivity (Wildman–Crippen MR) is 51.5 cm³/mol. The molecule has 2 aromatic heterocycles. The maximum absolute atomic E-state index is 8.40. The molecule has 0 saturated carbocycles. The first-order valence-corrected chi connectivity index (χ1v) is 4.50. The molecule has 0 bridgehead atoms. The third-order valence-corrected chi connectivity index (χ3v) is 1.83. The maximum atomic E-state index is 8.40. The Balaban J connectivity index is 2.18. The van der Waals surface area contributed by atoms with E-state index in [1.54, 1.807) is 18.5 Å². The molecule has 0 spiro atoms. The molecule has 0 aliphatic carbocycles. The van der Waals surface area contributed by atoms with Gasteiger partial charge in [-0.25, -0.2) is 0 Å². The first-order valence-electron chi connectivity index (χ1n) is 4.50. The fourth-order valence-corrected chi connectivity index (χ4v) is 1.12. The van der Waals surface area contributed by atoms with Crippen molar-refractivity contribution >= 4 is 0 Å². The molecule has 0 aromatic carbocycles. The number of hydrogen-bond donors (Lipinski definition) is 0. The van der Waals surface area contributed by atoms with Gasteiger partial charge >= 0.3 is 0 Å². The lowest BCUT2D eigenvalue weighted by Gasteiger charge is -1.90. The minimum absolute atomic E-state index is 0.384. The lowest BCUT2D eigenvalue weighted by atomic mass is 10.3. The molecular formula is C10H8N4O. The maximum Gasteiger partial charge on any atom is 0.249 e. The monoisotopic (exact) mass is 200 g/mol. The molecule has 15 heavy (non-hydrogen) atoms. The highest BCUT2D eigenvalue weighted by molar-refractivity contribution is 5.49. The Bertz CT molecular complexity index is 472. The lowest BCUT2D eigenvalue weighted by molar-refractivity contribution is 0.507. The van der Waals surface area contributed by atoms with Crippen LogP contribution in [0, 0.1) is 11.3 Å². The van der Waals surface area contributed by atoms with Crippen LogP contribution in [0.2, 0.25) is 0 Å². The number of nitrogens with zero attached hydrogens (tertiary/aromatic N) is 4. The van der Waals surface area contributed by atoms with Crippen LogP contribution in [0.1, 0.15) is 12.3 Å². The van der Waals surface area contributed by atoms with E-state index in [4.69, 9.17) is 9.68 Å². The molecule has 0 unspecified atom stereocenters. The number of hydrogen-bond acceptors (Lipinski definition) is 5. The van der Waals surface area contributed by atoms with Gasteiger partial charge in [-0.1, -0.05) is 0 Å². The first kappa shape index (κ1) is 9.34. The molecule has 0 atom stereocenters. The van der Waals surface area contributed by atoms with Crippen LogP contribution in [0.25, 0.3) is 11.5 Å². The van der Waals surface area contributed by atoms with Crippen molar-refractivity contribution in [1.82, 2.24) is 15.2 Å². The number of aryl methyl sites for hydroxylation is 1. The Labute approximate surface area is 86.4 Å². The summed E-state index contributed by atoms with van der Waals surface area (Å²) >= 11 is 0. The second-order valence-electron chi connectivity index (χ2n) is 2.90. The standard InChI is InChI=1S/C10H8N4O/c11-5-1-4-9-13-14-10(15-9)8-3-2-6-12-7-8/h2-3,6-7H,1,4H2. The molecule has 0 aliphatic heterocycles. The van der Waals surface area contributed by atoms with Crippen molar-refractivity contribution in [1.29, 1.82) is 5.26 Å². The van der Waals surface area contributed by atoms with Gasteiger partial charge in [-0.2, -0.15) is 5.26 Å². The van der Waals surface area contributed by atoms with Crippen LogP contribution >= 0.6 is 0 Å². The topological polar surface area (TPSA) is 75.6 Å². The zero-order chi connectivity index (χ0) is 10.5. The van der Waals surface area contributed by atoms with Crippen molar-refractivity contribution in [2.75, 3.05) is 0 Å². The fourth-order valence-electron chi connectivity index (χ4n) is 1.12. The minimum atomic E-state index is 0.384. The van der Waals surface area contributed by atoms with Crippen LogP contribution in [-0.4, -0.2) is 15.2 Å². The van der Waals surface area contributed by atoms with E-state index >= 15 is 0 Å². The second kappa shape index (κ2) is 4.33. The van der Waals surface area contributed by atoms with E-state index in [1.807, 2.05) is 12.1 Å².